The molecule has 3 aliphatic rings. The number of benzene rings is 1. The van der Waals surface area contributed by atoms with Crippen molar-refractivity contribution in [2.75, 3.05) is 18.4 Å². The normalized spacial score (nSPS) is 24.5. The van der Waals surface area contributed by atoms with Gasteiger partial charge in [-0.25, -0.2) is 20.4 Å². The first kappa shape index (κ1) is 27.4. The second-order valence-electron chi connectivity index (χ2n) is 12.0. The molecule has 0 atom stereocenters. The third-order valence-electron chi connectivity index (χ3n) is 9.07. The van der Waals surface area contributed by atoms with Crippen molar-refractivity contribution in [3.63, 3.8) is 0 Å². The highest BCUT2D eigenvalue weighted by atomic mass is 19.4. The average Bonchev–Trinajstić information content (AvgIpc) is 3.61. The zero-order valence-electron chi connectivity index (χ0n) is 22.8. The first-order valence-electron chi connectivity index (χ1n) is 14.7. The van der Waals surface area contributed by atoms with E-state index in [0.29, 0.717) is 30.0 Å². The maximum absolute atomic E-state index is 13.2. The number of nitrogens with zero attached hydrogens (tertiary/aromatic N) is 4. The number of H-pyrrole nitrogens is 1. The molecule has 0 radical (unpaired) electrons. The van der Waals surface area contributed by atoms with Gasteiger partial charge in [0.15, 0.2) is 5.65 Å². The Bertz CT molecular complexity index is 1290. The number of rotatable bonds is 7. The quantitative estimate of drug-likeness (QED) is 0.314. The van der Waals surface area contributed by atoms with Crippen LogP contribution in [0.15, 0.2) is 30.6 Å². The second-order valence-corrected chi connectivity index (χ2v) is 12.0. The number of alkyl halides is 3. The van der Waals surface area contributed by atoms with E-state index in [1.807, 2.05) is 6.07 Å². The van der Waals surface area contributed by atoms with E-state index in [2.05, 4.69) is 25.7 Å². The standard InChI is InChI=1S/C29H39F3N8/c30-29(31,32)21-5-3-4-20(17-21)16-19-10-14-40(15-11-19)39-28(12-1-2-13-28)25-24-26(35-18-34-24)38-27(37-25)36-23-8-6-22(33)7-9-23/h3-5,17-19,22-23,39H,1-2,6-16,33H2,(H2,34,35,36,37,38). The van der Waals surface area contributed by atoms with Gasteiger partial charge < -0.3 is 16.0 Å². The van der Waals surface area contributed by atoms with Crippen LogP contribution in [0.1, 0.15) is 81.0 Å². The first-order chi connectivity index (χ1) is 19.3. The van der Waals surface area contributed by atoms with Gasteiger partial charge in [-0.3, -0.25) is 0 Å². The summed E-state index contributed by atoms with van der Waals surface area (Å²) >= 11 is 0. The maximum atomic E-state index is 13.2. The lowest BCUT2D eigenvalue weighted by Crippen LogP contribution is -2.54. The first-order valence-corrected chi connectivity index (χ1v) is 14.7. The molecule has 40 heavy (non-hydrogen) atoms. The molecule has 1 saturated heterocycles. The third-order valence-corrected chi connectivity index (χ3v) is 9.07. The van der Waals surface area contributed by atoms with E-state index < -0.39 is 11.7 Å². The summed E-state index contributed by atoms with van der Waals surface area (Å²) in [6.45, 7) is 1.69. The van der Waals surface area contributed by atoms with Crippen molar-refractivity contribution in [1.82, 2.24) is 30.4 Å². The third kappa shape index (κ3) is 5.96. The fourth-order valence-corrected chi connectivity index (χ4v) is 6.83. The zero-order valence-corrected chi connectivity index (χ0v) is 22.8. The van der Waals surface area contributed by atoms with Crippen molar-refractivity contribution in [3.8, 4) is 0 Å². The van der Waals surface area contributed by atoms with Gasteiger partial charge >= 0.3 is 6.18 Å². The lowest BCUT2D eigenvalue weighted by molar-refractivity contribution is -0.137. The van der Waals surface area contributed by atoms with Gasteiger partial charge in [0, 0.05) is 25.2 Å². The Kier molecular flexibility index (Phi) is 7.71. The Balaban J connectivity index is 1.15. The molecule has 8 nitrogen and oxygen atoms in total. The number of hydrazine groups is 1. The molecule has 11 heteroatoms. The number of hydrogen-bond donors (Lipinski definition) is 4. The largest absolute Gasteiger partial charge is 0.416 e. The second kappa shape index (κ2) is 11.3. The molecular formula is C29H39F3N8. The summed E-state index contributed by atoms with van der Waals surface area (Å²) in [7, 11) is 0. The van der Waals surface area contributed by atoms with E-state index in [-0.39, 0.29) is 11.6 Å². The summed E-state index contributed by atoms with van der Waals surface area (Å²) in [6, 6.07) is 6.37. The van der Waals surface area contributed by atoms with Crippen molar-refractivity contribution in [2.45, 2.75) is 94.4 Å². The van der Waals surface area contributed by atoms with Gasteiger partial charge in [-0.15, -0.1) is 0 Å². The van der Waals surface area contributed by atoms with Crippen LogP contribution in [0.4, 0.5) is 19.1 Å². The van der Waals surface area contributed by atoms with Crippen LogP contribution in [-0.2, 0) is 18.1 Å². The van der Waals surface area contributed by atoms with Gasteiger partial charge in [-0.2, -0.15) is 18.2 Å². The van der Waals surface area contributed by atoms with Gasteiger partial charge in [0.2, 0.25) is 5.95 Å². The van der Waals surface area contributed by atoms with Crippen LogP contribution in [0.25, 0.3) is 11.2 Å². The van der Waals surface area contributed by atoms with Crippen molar-refractivity contribution < 1.29 is 13.2 Å². The van der Waals surface area contributed by atoms with E-state index in [9.17, 15) is 13.2 Å². The highest BCUT2D eigenvalue weighted by Crippen LogP contribution is 2.41. The summed E-state index contributed by atoms with van der Waals surface area (Å²) in [4.78, 5) is 17.6. The number of fused-ring (bicyclic) bond motifs is 1. The summed E-state index contributed by atoms with van der Waals surface area (Å²) in [5.41, 5.74) is 12.4. The fraction of sp³-hybridized carbons (Fsp3) is 0.621. The molecule has 3 heterocycles. The predicted molar refractivity (Wildman–Crippen MR) is 148 cm³/mol. The van der Waals surface area contributed by atoms with E-state index in [4.69, 9.17) is 15.7 Å². The molecule has 1 aromatic carbocycles. The number of anilines is 1. The molecule has 2 aliphatic carbocycles. The predicted octanol–water partition coefficient (Wildman–Crippen LogP) is 5.28. The Morgan fingerprint density at radius 1 is 1.02 bits per heavy atom. The molecule has 2 saturated carbocycles. The molecular weight excluding hydrogens is 517 g/mol. The van der Waals surface area contributed by atoms with Crippen LogP contribution in [0.3, 0.4) is 0 Å². The molecule has 0 amide bonds. The fourth-order valence-electron chi connectivity index (χ4n) is 6.83. The Morgan fingerprint density at radius 3 is 2.50 bits per heavy atom. The number of piperidine rings is 1. The van der Waals surface area contributed by atoms with Crippen molar-refractivity contribution in [3.05, 3.63) is 47.4 Å². The van der Waals surface area contributed by atoms with Crippen LogP contribution in [-0.4, -0.2) is 50.1 Å². The molecule has 3 aromatic rings. The van der Waals surface area contributed by atoms with Crippen molar-refractivity contribution >= 4 is 17.1 Å². The van der Waals surface area contributed by atoms with Crippen LogP contribution in [0, 0.1) is 5.92 Å². The summed E-state index contributed by atoms with van der Waals surface area (Å²) in [5, 5.41) is 5.87. The van der Waals surface area contributed by atoms with Crippen molar-refractivity contribution in [2.24, 2.45) is 11.7 Å². The van der Waals surface area contributed by atoms with E-state index in [1.54, 1.807) is 6.33 Å². The Hall–Kier alpha value is -2.76. The van der Waals surface area contributed by atoms with Crippen LogP contribution in [0.5, 0.6) is 0 Å². The van der Waals surface area contributed by atoms with Gasteiger partial charge in [0.05, 0.1) is 23.1 Å². The Morgan fingerprint density at radius 2 is 1.77 bits per heavy atom. The number of nitrogens with two attached hydrogens (primary N) is 1. The smallest absolute Gasteiger partial charge is 0.351 e. The summed E-state index contributed by atoms with van der Waals surface area (Å²) < 4.78 is 39.5. The average molecular weight is 557 g/mol. The summed E-state index contributed by atoms with van der Waals surface area (Å²) in [6.07, 6.45) is 8.11. The molecule has 0 spiro atoms. The molecule has 0 unspecified atom stereocenters. The number of hydrogen-bond acceptors (Lipinski definition) is 7. The summed E-state index contributed by atoms with van der Waals surface area (Å²) in [5.74, 6) is 0.988. The maximum Gasteiger partial charge on any atom is 0.416 e. The molecule has 3 fully saturated rings. The number of aromatic nitrogens is 4. The SMILES string of the molecule is NC1CCC(Nc2nc(C3(NN4CCC(Cc5cccc(C(F)(F)F)c5)CC4)CCCC3)c3[nH]cnc3n2)CC1. The molecule has 2 aromatic heterocycles. The zero-order chi connectivity index (χ0) is 27.7. The van der Waals surface area contributed by atoms with Crippen LogP contribution < -0.4 is 16.5 Å². The monoisotopic (exact) mass is 556 g/mol. The number of nitrogens with one attached hydrogen (secondary N) is 3. The van der Waals surface area contributed by atoms with E-state index in [1.165, 1.54) is 12.1 Å². The number of imidazole rings is 1. The highest BCUT2D eigenvalue weighted by Gasteiger charge is 2.41. The molecule has 216 valence electrons. The minimum absolute atomic E-state index is 0.281. The van der Waals surface area contributed by atoms with Gasteiger partial charge in [0.25, 0.3) is 0 Å². The Labute approximate surface area is 232 Å². The van der Waals surface area contributed by atoms with Crippen LogP contribution in [0.2, 0.25) is 0 Å². The molecule has 1 aliphatic heterocycles. The van der Waals surface area contributed by atoms with Crippen LogP contribution >= 0.6 is 0 Å². The van der Waals surface area contributed by atoms with Gasteiger partial charge in [0.1, 0.15) is 5.52 Å². The minimum Gasteiger partial charge on any atom is -0.351 e. The highest BCUT2D eigenvalue weighted by molar-refractivity contribution is 5.75. The van der Waals surface area contributed by atoms with Gasteiger partial charge in [-0.05, 0) is 75.3 Å². The lowest BCUT2D eigenvalue weighted by Gasteiger charge is -2.40. The van der Waals surface area contributed by atoms with E-state index >= 15 is 0 Å². The topological polar surface area (TPSA) is 108 Å². The molecule has 6 rings (SSSR count). The van der Waals surface area contributed by atoms with E-state index in [0.717, 1.165) is 100 Å². The van der Waals surface area contributed by atoms with Crippen molar-refractivity contribution in [1.29, 1.82) is 0 Å². The van der Waals surface area contributed by atoms with Gasteiger partial charge in [-0.1, -0.05) is 31.0 Å². The minimum atomic E-state index is -4.31. The molecule has 0 bridgehead atoms. The lowest BCUT2D eigenvalue weighted by atomic mass is 9.89. The number of halogens is 3. The number of aromatic amines is 1. The molecule has 5 N–H and O–H groups in total.